The summed E-state index contributed by atoms with van der Waals surface area (Å²) in [5.41, 5.74) is 1.33. The van der Waals surface area contributed by atoms with Gasteiger partial charge in [-0.25, -0.2) is 9.37 Å². The van der Waals surface area contributed by atoms with Gasteiger partial charge in [-0.3, -0.25) is 9.59 Å². The number of likely N-dealkylation sites (tertiary alicyclic amines) is 1. The number of hydrogen-bond acceptors (Lipinski definition) is 3. The first-order valence-corrected chi connectivity index (χ1v) is 7.80. The van der Waals surface area contributed by atoms with Crippen LogP contribution in [0.25, 0.3) is 11.0 Å². The molecule has 2 N–H and O–H groups in total. The average molecular weight is 316 g/mol. The van der Waals surface area contributed by atoms with Gasteiger partial charge in [0.15, 0.2) is 0 Å². The van der Waals surface area contributed by atoms with Gasteiger partial charge in [0.05, 0.1) is 17.0 Å². The Morgan fingerprint density at radius 3 is 3.09 bits per heavy atom. The number of imidazole rings is 1. The number of benzene rings is 1. The topological polar surface area (TPSA) is 78.1 Å². The molecule has 1 aromatic carbocycles. The van der Waals surface area contributed by atoms with Crippen molar-refractivity contribution in [3.8, 4) is 0 Å². The Balaban J connectivity index is 1.38. The molecule has 0 aliphatic carbocycles. The number of H-pyrrole nitrogens is 1. The molecule has 3 heterocycles. The lowest BCUT2D eigenvalue weighted by Gasteiger charge is -2.16. The number of aryl methyl sites for hydroxylation is 1. The normalized spacial score (nSPS) is 23.3. The molecular weight excluding hydrogens is 299 g/mol. The minimum Gasteiger partial charge on any atom is -0.355 e. The zero-order chi connectivity index (χ0) is 16.0. The van der Waals surface area contributed by atoms with Crippen LogP contribution < -0.4 is 5.32 Å². The van der Waals surface area contributed by atoms with Crippen LogP contribution in [0.1, 0.15) is 12.2 Å². The number of carbonyl (C=O) groups is 2. The van der Waals surface area contributed by atoms with E-state index in [1.54, 1.807) is 11.0 Å². The standard InChI is InChI=1S/C16H17FN4O2/c17-10-1-2-12-13(5-10)20-14(19-12)3-4-15(22)21-7-9-6-18-16(23)11(9)8-21/h1-2,5,9,11H,3-4,6-8H2,(H,18,23)(H,19,20)/t9-,11+/m0/s1. The van der Waals surface area contributed by atoms with Crippen LogP contribution in [0.2, 0.25) is 0 Å². The van der Waals surface area contributed by atoms with Crippen molar-refractivity contribution in [1.29, 1.82) is 0 Å². The third-order valence-corrected chi connectivity index (χ3v) is 4.74. The lowest BCUT2D eigenvalue weighted by atomic mass is 10.0. The van der Waals surface area contributed by atoms with E-state index in [0.717, 1.165) is 0 Å². The number of rotatable bonds is 3. The molecule has 2 aromatic rings. The van der Waals surface area contributed by atoms with E-state index in [-0.39, 0.29) is 29.5 Å². The van der Waals surface area contributed by atoms with Crippen LogP contribution >= 0.6 is 0 Å². The van der Waals surface area contributed by atoms with Crippen LogP contribution in [-0.2, 0) is 16.0 Å². The summed E-state index contributed by atoms with van der Waals surface area (Å²) in [6.07, 6.45) is 0.816. The van der Waals surface area contributed by atoms with Gasteiger partial charge in [0.25, 0.3) is 0 Å². The minimum absolute atomic E-state index is 0.0406. The predicted octanol–water partition coefficient (Wildman–Crippen LogP) is 0.839. The van der Waals surface area contributed by atoms with Gasteiger partial charge >= 0.3 is 0 Å². The molecule has 2 fully saturated rings. The number of nitrogens with zero attached hydrogens (tertiary/aromatic N) is 2. The number of halogens is 1. The summed E-state index contributed by atoms with van der Waals surface area (Å²) >= 11 is 0. The maximum Gasteiger partial charge on any atom is 0.225 e. The molecular formula is C16H17FN4O2. The summed E-state index contributed by atoms with van der Waals surface area (Å²) in [5.74, 6) is 0.666. The Hall–Kier alpha value is -2.44. The van der Waals surface area contributed by atoms with E-state index in [2.05, 4.69) is 15.3 Å². The first-order valence-electron chi connectivity index (χ1n) is 7.80. The van der Waals surface area contributed by atoms with Gasteiger partial charge < -0.3 is 15.2 Å². The van der Waals surface area contributed by atoms with Crippen molar-refractivity contribution in [2.45, 2.75) is 12.8 Å². The molecule has 2 aliphatic heterocycles. The Morgan fingerprint density at radius 1 is 1.39 bits per heavy atom. The number of amides is 2. The fraction of sp³-hybridized carbons (Fsp3) is 0.438. The van der Waals surface area contributed by atoms with E-state index < -0.39 is 0 Å². The van der Waals surface area contributed by atoms with Crippen LogP contribution in [0.4, 0.5) is 4.39 Å². The number of fused-ring (bicyclic) bond motifs is 2. The largest absolute Gasteiger partial charge is 0.355 e. The van der Waals surface area contributed by atoms with Crippen molar-refractivity contribution in [2.24, 2.45) is 11.8 Å². The summed E-state index contributed by atoms with van der Waals surface area (Å²) in [6.45, 7) is 1.83. The molecule has 2 amide bonds. The highest BCUT2D eigenvalue weighted by Gasteiger charge is 2.43. The predicted molar refractivity (Wildman–Crippen MR) is 80.9 cm³/mol. The lowest BCUT2D eigenvalue weighted by Crippen LogP contribution is -2.33. The second-order valence-electron chi connectivity index (χ2n) is 6.26. The van der Waals surface area contributed by atoms with Crippen LogP contribution in [0.3, 0.4) is 0 Å². The second kappa shape index (κ2) is 5.33. The molecule has 120 valence electrons. The Labute approximate surface area is 132 Å². The molecule has 0 saturated carbocycles. The molecule has 6 nitrogen and oxygen atoms in total. The van der Waals surface area contributed by atoms with Crippen molar-refractivity contribution in [2.75, 3.05) is 19.6 Å². The number of carbonyl (C=O) groups excluding carboxylic acids is 2. The molecule has 0 spiro atoms. The fourth-order valence-corrected chi connectivity index (χ4v) is 3.48. The van der Waals surface area contributed by atoms with Crippen LogP contribution in [0, 0.1) is 17.7 Å². The zero-order valence-electron chi connectivity index (χ0n) is 12.5. The van der Waals surface area contributed by atoms with Gasteiger partial charge in [0, 0.05) is 38.4 Å². The van der Waals surface area contributed by atoms with E-state index in [1.165, 1.54) is 12.1 Å². The summed E-state index contributed by atoms with van der Waals surface area (Å²) in [5, 5.41) is 2.84. The molecule has 23 heavy (non-hydrogen) atoms. The van der Waals surface area contributed by atoms with Crippen molar-refractivity contribution >= 4 is 22.8 Å². The number of aromatic nitrogens is 2. The van der Waals surface area contributed by atoms with Crippen LogP contribution in [-0.4, -0.2) is 46.3 Å². The van der Waals surface area contributed by atoms with Crippen molar-refractivity contribution < 1.29 is 14.0 Å². The van der Waals surface area contributed by atoms with Crippen LogP contribution in [0.5, 0.6) is 0 Å². The van der Waals surface area contributed by atoms with Gasteiger partial charge in [-0.2, -0.15) is 0 Å². The van der Waals surface area contributed by atoms with Gasteiger partial charge in [-0.1, -0.05) is 0 Å². The number of aromatic amines is 1. The molecule has 0 unspecified atom stereocenters. The van der Waals surface area contributed by atoms with Gasteiger partial charge in [-0.05, 0) is 18.2 Å². The third-order valence-electron chi connectivity index (χ3n) is 4.74. The molecule has 1 aromatic heterocycles. The first kappa shape index (κ1) is 14.2. The molecule has 4 rings (SSSR count). The highest BCUT2D eigenvalue weighted by molar-refractivity contribution is 5.84. The molecule has 2 aliphatic rings. The zero-order valence-corrected chi connectivity index (χ0v) is 12.5. The quantitative estimate of drug-likeness (QED) is 0.881. The Morgan fingerprint density at radius 2 is 2.26 bits per heavy atom. The number of hydrogen-bond donors (Lipinski definition) is 2. The third kappa shape index (κ3) is 2.56. The monoisotopic (exact) mass is 316 g/mol. The molecule has 0 radical (unpaired) electrons. The lowest BCUT2D eigenvalue weighted by molar-refractivity contribution is -0.130. The smallest absolute Gasteiger partial charge is 0.225 e. The van der Waals surface area contributed by atoms with Gasteiger partial charge in [0.1, 0.15) is 11.6 Å². The SMILES string of the molecule is O=C1NC[C@H]2CN(C(=O)CCc3nc4ccc(F)cc4[nH]3)C[C@@H]12. The Kier molecular flexibility index (Phi) is 3.28. The molecule has 7 heteroatoms. The fourth-order valence-electron chi connectivity index (χ4n) is 3.48. The van der Waals surface area contributed by atoms with Gasteiger partial charge in [0.2, 0.25) is 11.8 Å². The summed E-state index contributed by atoms with van der Waals surface area (Å²) < 4.78 is 13.2. The van der Waals surface area contributed by atoms with E-state index in [9.17, 15) is 14.0 Å². The van der Waals surface area contributed by atoms with Crippen molar-refractivity contribution in [3.63, 3.8) is 0 Å². The summed E-state index contributed by atoms with van der Waals surface area (Å²) in [4.78, 5) is 33.1. The van der Waals surface area contributed by atoms with E-state index in [0.29, 0.717) is 49.3 Å². The summed E-state index contributed by atoms with van der Waals surface area (Å²) in [7, 11) is 0. The minimum atomic E-state index is -0.314. The van der Waals surface area contributed by atoms with E-state index in [1.807, 2.05) is 0 Å². The Bertz CT molecular complexity index is 787. The second-order valence-corrected chi connectivity index (χ2v) is 6.26. The first-order chi connectivity index (χ1) is 11.1. The van der Waals surface area contributed by atoms with E-state index >= 15 is 0 Å². The molecule has 2 saturated heterocycles. The molecule has 0 bridgehead atoms. The molecule has 2 atom stereocenters. The highest BCUT2D eigenvalue weighted by atomic mass is 19.1. The van der Waals surface area contributed by atoms with Crippen molar-refractivity contribution in [1.82, 2.24) is 20.2 Å². The van der Waals surface area contributed by atoms with Crippen molar-refractivity contribution in [3.05, 3.63) is 29.8 Å². The summed E-state index contributed by atoms with van der Waals surface area (Å²) in [6, 6.07) is 4.38. The van der Waals surface area contributed by atoms with Gasteiger partial charge in [-0.15, -0.1) is 0 Å². The number of nitrogens with one attached hydrogen (secondary N) is 2. The average Bonchev–Trinajstić information content (AvgIpc) is 3.20. The maximum absolute atomic E-state index is 13.2. The van der Waals surface area contributed by atoms with E-state index in [4.69, 9.17) is 0 Å². The van der Waals surface area contributed by atoms with Crippen LogP contribution in [0.15, 0.2) is 18.2 Å². The highest BCUT2D eigenvalue weighted by Crippen LogP contribution is 2.27. The maximum atomic E-state index is 13.2.